The van der Waals surface area contributed by atoms with Gasteiger partial charge in [-0.05, 0) is 53.9 Å². The summed E-state index contributed by atoms with van der Waals surface area (Å²) in [4.78, 5) is 11.6. The molecule has 0 aromatic heterocycles. The van der Waals surface area contributed by atoms with Crippen LogP contribution in [0.3, 0.4) is 0 Å². The van der Waals surface area contributed by atoms with Crippen molar-refractivity contribution in [2.75, 3.05) is 11.9 Å². The van der Waals surface area contributed by atoms with Crippen LogP contribution in [0.4, 0.5) is 10.1 Å². The van der Waals surface area contributed by atoms with E-state index in [-0.39, 0.29) is 24.3 Å². The molecule has 0 saturated heterocycles. The van der Waals surface area contributed by atoms with Gasteiger partial charge in [-0.1, -0.05) is 6.92 Å². The third-order valence-corrected chi connectivity index (χ3v) is 3.33. The number of rotatable bonds is 5. The first-order valence-corrected chi connectivity index (χ1v) is 6.72. The quantitative estimate of drug-likeness (QED) is 0.875. The fraction of sp³-hybridized carbons (Fsp3) is 0.462. The summed E-state index contributed by atoms with van der Waals surface area (Å²) in [7, 11) is 0. The minimum Gasteiger partial charge on any atom is -0.376 e. The lowest BCUT2D eigenvalue weighted by molar-refractivity contribution is -0.120. The van der Waals surface area contributed by atoms with Gasteiger partial charge in [0, 0.05) is 11.7 Å². The highest BCUT2D eigenvalue weighted by molar-refractivity contribution is 9.10. The Morgan fingerprint density at radius 2 is 2.17 bits per heavy atom. The summed E-state index contributed by atoms with van der Waals surface area (Å²) >= 11 is 3.12. The zero-order valence-corrected chi connectivity index (χ0v) is 12.4. The normalized spacial score (nSPS) is 12.1. The van der Waals surface area contributed by atoms with Gasteiger partial charge in [0.25, 0.3) is 0 Å². The molecule has 0 aliphatic heterocycles. The molecule has 100 valence electrons. The molecule has 0 aliphatic carbocycles. The summed E-state index contributed by atoms with van der Waals surface area (Å²) in [5.41, 5.74) is 1.52. The number of hydrogen-bond acceptors (Lipinski definition) is 2. The molecule has 0 spiro atoms. The lowest BCUT2D eigenvalue weighted by Crippen LogP contribution is -2.36. The summed E-state index contributed by atoms with van der Waals surface area (Å²) in [5.74, 6) is -0.433. The molecule has 0 radical (unpaired) electrons. The van der Waals surface area contributed by atoms with Crippen molar-refractivity contribution < 1.29 is 9.18 Å². The van der Waals surface area contributed by atoms with E-state index < -0.39 is 0 Å². The molecule has 0 fully saturated rings. The Morgan fingerprint density at radius 3 is 2.78 bits per heavy atom. The van der Waals surface area contributed by atoms with Crippen LogP contribution in [0.1, 0.15) is 25.8 Å². The second-order valence-corrected chi connectivity index (χ2v) is 5.17. The largest absolute Gasteiger partial charge is 0.376 e. The van der Waals surface area contributed by atoms with Gasteiger partial charge in [-0.2, -0.15) is 0 Å². The number of aryl methyl sites for hydroxylation is 1. The molecule has 0 aliphatic rings. The predicted molar refractivity (Wildman–Crippen MR) is 75.2 cm³/mol. The topological polar surface area (TPSA) is 41.1 Å². The van der Waals surface area contributed by atoms with E-state index in [9.17, 15) is 9.18 Å². The van der Waals surface area contributed by atoms with Gasteiger partial charge in [-0.25, -0.2) is 4.39 Å². The van der Waals surface area contributed by atoms with Crippen LogP contribution in [0.2, 0.25) is 0 Å². The van der Waals surface area contributed by atoms with Gasteiger partial charge in [0.2, 0.25) is 5.91 Å². The van der Waals surface area contributed by atoms with Gasteiger partial charge in [0.05, 0.1) is 11.0 Å². The Kier molecular flexibility index (Phi) is 5.59. The van der Waals surface area contributed by atoms with Gasteiger partial charge in [0.15, 0.2) is 0 Å². The molecular formula is C13H18BrFN2O. The van der Waals surface area contributed by atoms with E-state index in [1.807, 2.05) is 20.8 Å². The van der Waals surface area contributed by atoms with Crippen LogP contribution in [-0.2, 0) is 4.79 Å². The number of hydrogen-bond donors (Lipinski definition) is 2. The molecule has 3 nitrogen and oxygen atoms in total. The molecule has 1 rings (SSSR count). The zero-order chi connectivity index (χ0) is 13.7. The highest BCUT2D eigenvalue weighted by atomic mass is 79.9. The summed E-state index contributed by atoms with van der Waals surface area (Å²) < 4.78 is 13.8. The highest BCUT2D eigenvalue weighted by Crippen LogP contribution is 2.23. The Bertz CT molecular complexity index is 437. The van der Waals surface area contributed by atoms with Crippen LogP contribution >= 0.6 is 15.9 Å². The summed E-state index contributed by atoms with van der Waals surface area (Å²) in [6.45, 7) is 5.96. The molecular weight excluding hydrogens is 299 g/mol. The van der Waals surface area contributed by atoms with Crippen LogP contribution < -0.4 is 10.6 Å². The van der Waals surface area contributed by atoms with Crippen LogP contribution in [-0.4, -0.2) is 18.5 Å². The van der Waals surface area contributed by atoms with Gasteiger partial charge >= 0.3 is 0 Å². The number of carbonyl (C=O) groups excluding carboxylic acids is 1. The maximum Gasteiger partial charge on any atom is 0.239 e. The van der Waals surface area contributed by atoms with E-state index in [4.69, 9.17) is 0 Å². The number of anilines is 1. The predicted octanol–water partition coefficient (Wildman–Crippen LogP) is 3.22. The first-order valence-electron chi connectivity index (χ1n) is 5.93. The van der Waals surface area contributed by atoms with Crippen LogP contribution in [0.15, 0.2) is 16.6 Å². The summed E-state index contributed by atoms with van der Waals surface area (Å²) in [5, 5.41) is 5.78. The van der Waals surface area contributed by atoms with Crippen molar-refractivity contribution in [1.82, 2.24) is 5.32 Å². The van der Waals surface area contributed by atoms with E-state index >= 15 is 0 Å². The Balaban J connectivity index is 2.58. The molecule has 1 aromatic rings. The Labute approximate surface area is 115 Å². The number of amides is 1. The lowest BCUT2D eigenvalue weighted by Gasteiger charge is -2.13. The van der Waals surface area contributed by atoms with Crippen molar-refractivity contribution in [2.45, 2.75) is 33.2 Å². The van der Waals surface area contributed by atoms with E-state index in [1.54, 1.807) is 6.07 Å². The number of benzene rings is 1. The maximum absolute atomic E-state index is 13.4. The van der Waals surface area contributed by atoms with Crippen LogP contribution in [0.25, 0.3) is 0 Å². The van der Waals surface area contributed by atoms with Crippen molar-refractivity contribution in [3.05, 3.63) is 28.0 Å². The minimum absolute atomic E-state index is 0.0907. The standard InChI is InChI=1S/C13H18BrFN2O/c1-4-9(3)17-13(18)7-16-12-6-11(15)10(14)5-8(12)2/h5-6,9,16H,4,7H2,1-3H3,(H,17,18). The highest BCUT2D eigenvalue weighted by Gasteiger charge is 2.08. The van der Waals surface area contributed by atoms with Crippen molar-refractivity contribution in [1.29, 1.82) is 0 Å². The van der Waals surface area contributed by atoms with Crippen molar-refractivity contribution in [2.24, 2.45) is 0 Å². The fourth-order valence-corrected chi connectivity index (χ4v) is 1.90. The molecule has 1 aromatic carbocycles. The average molecular weight is 317 g/mol. The molecule has 1 atom stereocenters. The van der Waals surface area contributed by atoms with Gasteiger partial charge in [-0.15, -0.1) is 0 Å². The fourth-order valence-electron chi connectivity index (χ4n) is 1.44. The summed E-state index contributed by atoms with van der Waals surface area (Å²) in [6, 6.07) is 3.22. The second-order valence-electron chi connectivity index (χ2n) is 4.31. The van der Waals surface area contributed by atoms with E-state index in [2.05, 4.69) is 26.6 Å². The number of carbonyl (C=O) groups is 1. The van der Waals surface area contributed by atoms with Crippen LogP contribution in [0, 0.1) is 12.7 Å². The molecule has 18 heavy (non-hydrogen) atoms. The Morgan fingerprint density at radius 1 is 1.50 bits per heavy atom. The molecule has 2 N–H and O–H groups in total. The molecule has 5 heteroatoms. The molecule has 0 bridgehead atoms. The van der Waals surface area contributed by atoms with Crippen LogP contribution in [0.5, 0.6) is 0 Å². The third kappa shape index (κ3) is 4.29. The van der Waals surface area contributed by atoms with E-state index in [1.165, 1.54) is 6.07 Å². The first kappa shape index (κ1) is 15.0. The van der Waals surface area contributed by atoms with E-state index in [0.717, 1.165) is 12.0 Å². The van der Waals surface area contributed by atoms with Gasteiger partial charge in [0.1, 0.15) is 5.82 Å². The zero-order valence-electron chi connectivity index (χ0n) is 10.8. The minimum atomic E-state index is -0.342. The number of nitrogens with one attached hydrogen (secondary N) is 2. The lowest BCUT2D eigenvalue weighted by atomic mass is 10.2. The van der Waals surface area contributed by atoms with Gasteiger partial charge in [-0.3, -0.25) is 4.79 Å². The monoisotopic (exact) mass is 316 g/mol. The molecule has 0 heterocycles. The molecule has 0 saturated carbocycles. The first-order chi connectivity index (χ1) is 8.43. The second kappa shape index (κ2) is 6.73. The Hall–Kier alpha value is -1.10. The number of halogens is 2. The van der Waals surface area contributed by atoms with Crippen molar-refractivity contribution in [3.8, 4) is 0 Å². The average Bonchev–Trinajstić information content (AvgIpc) is 2.32. The van der Waals surface area contributed by atoms with Crippen molar-refractivity contribution in [3.63, 3.8) is 0 Å². The smallest absolute Gasteiger partial charge is 0.239 e. The molecule has 1 amide bonds. The maximum atomic E-state index is 13.4. The molecule has 1 unspecified atom stereocenters. The SMILES string of the molecule is CCC(C)NC(=O)CNc1cc(F)c(Br)cc1C. The summed E-state index contributed by atoms with van der Waals surface area (Å²) in [6.07, 6.45) is 0.887. The van der Waals surface area contributed by atoms with E-state index in [0.29, 0.717) is 10.2 Å². The van der Waals surface area contributed by atoms with Gasteiger partial charge < -0.3 is 10.6 Å². The third-order valence-electron chi connectivity index (χ3n) is 2.73. The van der Waals surface area contributed by atoms with Crippen molar-refractivity contribution >= 4 is 27.5 Å².